The largest absolute Gasteiger partial charge is 0.501 e. The average molecular weight is 451 g/mol. The SMILES string of the molecule is C=CCN1C(=O)C2C=CC=CC2=[N+](Cc2nc(-c3cc(OC)c(OC)c(OC)c3)no2)C1=O. The van der Waals surface area contributed by atoms with Crippen LogP contribution >= 0.6 is 0 Å². The third-order valence-corrected chi connectivity index (χ3v) is 5.30. The summed E-state index contributed by atoms with van der Waals surface area (Å²) in [6, 6.07) is 2.93. The van der Waals surface area contributed by atoms with E-state index in [9.17, 15) is 9.59 Å². The Morgan fingerprint density at radius 3 is 2.52 bits per heavy atom. The van der Waals surface area contributed by atoms with Gasteiger partial charge in [-0.25, -0.2) is 4.79 Å². The number of aromatic nitrogens is 2. The van der Waals surface area contributed by atoms with Crippen molar-refractivity contribution in [2.24, 2.45) is 5.92 Å². The Hall–Kier alpha value is -4.21. The molecule has 170 valence electrons. The van der Waals surface area contributed by atoms with Gasteiger partial charge in [0.05, 0.1) is 21.3 Å². The molecule has 1 aliphatic heterocycles. The van der Waals surface area contributed by atoms with Crippen molar-refractivity contribution in [3.05, 3.63) is 55.0 Å². The number of urea groups is 1. The highest BCUT2D eigenvalue weighted by Crippen LogP contribution is 2.40. The highest BCUT2D eigenvalue weighted by atomic mass is 16.5. The zero-order chi connectivity index (χ0) is 23.5. The Bertz CT molecular complexity index is 1180. The molecule has 2 heterocycles. The lowest BCUT2D eigenvalue weighted by Crippen LogP contribution is -2.54. The fraction of sp³-hybridized carbons (Fsp3) is 0.261. The molecule has 2 aromatic rings. The van der Waals surface area contributed by atoms with Gasteiger partial charge in [0.25, 0.3) is 5.89 Å². The number of ether oxygens (including phenoxy) is 3. The molecule has 0 spiro atoms. The molecule has 10 nitrogen and oxygen atoms in total. The predicted molar refractivity (Wildman–Crippen MR) is 117 cm³/mol. The van der Waals surface area contributed by atoms with Gasteiger partial charge in [0.15, 0.2) is 18.0 Å². The van der Waals surface area contributed by atoms with Crippen LogP contribution in [0.4, 0.5) is 4.79 Å². The first-order valence-electron chi connectivity index (χ1n) is 10.1. The summed E-state index contributed by atoms with van der Waals surface area (Å²) in [7, 11) is 4.55. The van der Waals surface area contributed by atoms with Gasteiger partial charge >= 0.3 is 11.9 Å². The maximum absolute atomic E-state index is 13.1. The lowest BCUT2D eigenvalue weighted by atomic mass is 9.94. The number of methoxy groups -OCH3 is 3. The van der Waals surface area contributed by atoms with Crippen LogP contribution in [0, 0.1) is 5.92 Å². The maximum Gasteiger partial charge on any atom is 0.501 e. The van der Waals surface area contributed by atoms with E-state index in [0.29, 0.717) is 28.5 Å². The third-order valence-electron chi connectivity index (χ3n) is 5.30. The molecule has 10 heteroatoms. The van der Waals surface area contributed by atoms with Gasteiger partial charge in [-0.2, -0.15) is 19.3 Å². The van der Waals surface area contributed by atoms with Crippen LogP contribution < -0.4 is 14.2 Å². The van der Waals surface area contributed by atoms with Crippen molar-refractivity contribution in [1.29, 1.82) is 0 Å². The summed E-state index contributed by atoms with van der Waals surface area (Å²) in [4.78, 5) is 31.4. The van der Waals surface area contributed by atoms with E-state index in [-0.39, 0.29) is 30.7 Å². The van der Waals surface area contributed by atoms with Crippen molar-refractivity contribution in [3.63, 3.8) is 0 Å². The smallest absolute Gasteiger partial charge is 0.493 e. The van der Waals surface area contributed by atoms with Gasteiger partial charge in [-0.1, -0.05) is 36.0 Å². The fourth-order valence-electron chi connectivity index (χ4n) is 3.75. The van der Waals surface area contributed by atoms with Crippen molar-refractivity contribution in [2.75, 3.05) is 27.9 Å². The lowest BCUT2D eigenvalue weighted by Gasteiger charge is -2.25. The van der Waals surface area contributed by atoms with Crippen molar-refractivity contribution < 1.29 is 32.9 Å². The summed E-state index contributed by atoms with van der Waals surface area (Å²) in [5.74, 6) is 0.960. The van der Waals surface area contributed by atoms with Crippen molar-refractivity contribution in [3.8, 4) is 28.6 Å². The molecule has 0 saturated carbocycles. The van der Waals surface area contributed by atoms with E-state index < -0.39 is 11.9 Å². The molecule has 0 saturated heterocycles. The Labute approximate surface area is 190 Å². The van der Waals surface area contributed by atoms with Crippen molar-refractivity contribution in [2.45, 2.75) is 6.54 Å². The van der Waals surface area contributed by atoms with E-state index in [0.717, 1.165) is 4.90 Å². The van der Waals surface area contributed by atoms with Gasteiger partial charge < -0.3 is 18.7 Å². The Morgan fingerprint density at radius 1 is 1.15 bits per heavy atom. The zero-order valence-electron chi connectivity index (χ0n) is 18.5. The highest BCUT2D eigenvalue weighted by Gasteiger charge is 2.46. The fourth-order valence-corrected chi connectivity index (χ4v) is 3.75. The number of nitrogens with zero attached hydrogens (tertiary/aromatic N) is 4. The lowest BCUT2D eigenvalue weighted by molar-refractivity contribution is -0.459. The van der Waals surface area contributed by atoms with Crippen LogP contribution in [0.15, 0.2) is 53.6 Å². The highest BCUT2D eigenvalue weighted by molar-refractivity contribution is 6.16. The molecule has 0 radical (unpaired) electrons. The molecule has 33 heavy (non-hydrogen) atoms. The molecule has 1 atom stereocenters. The summed E-state index contributed by atoms with van der Waals surface area (Å²) < 4.78 is 23.0. The first-order chi connectivity index (χ1) is 16.0. The Kier molecular flexibility index (Phi) is 6.07. The molecule has 4 rings (SSSR count). The number of hydrogen-bond donors (Lipinski definition) is 0. The van der Waals surface area contributed by atoms with Crippen LogP contribution in [0.25, 0.3) is 11.4 Å². The molecule has 1 aliphatic carbocycles. The summed E-state index contributed by atoms with van der Waals surface area (Å²) in [6.45, 7) is 3.75. The molecule has 1 aromatic carbocycles. The second-order valence-electron chi connectivity index (χ2n) is 7.18. The minimum absolute atomic E-state index is 0.00118. The van der Waals surface area contributed by atoms with Gasteiger partial charge in [-0.15, -0.1) is 0 Å². The van der Waals surface area contributed by atoms with Crippen LogP contribution in [0.1, 0.15) is 5.89 Å². The van der Waals surface area contributed by atoms with E-state index >= 15 is 0 Å². The minimum Gasteiger partial charge on any atom is -0.493 e. The topological polar surface area (TPSA) is 107 Å². The van der Waals surface area contributed by atoms with Crippen molar-refractivity contribution in [1.82, 2.24) is 15.0 Å². The van der Waals surface area contributed by atoms with E-state index in [1.807, 2.05) is 0 Å². The molecule has 1 aromatic heterocycles. The third kappa shape index (κ3) is 3.91. The number of hydrogen-bond acceptors (Lipinski definition) is 8. The molecule has 3 amide bonds. The minimum atomic E-state index is -0.565. The number of fused-ring (bicyclic) bond motifs is 1. The van der Waals surface area contributed by atoms with E-state index in [4.69, 9.17) is 18.7 Å². The van der Waals surface area contributed by atoms with Gasteiger partial charge in [0.2, 0.25) is 11.6 Å². The molecular formula is C23H23N4O6+. The van der Waals surface area contributed by atoms with Crippen molar-refractivity contribution >= 4 is 17.6 Å². The molecule has 1 unspecified atom stereocenters. The molecule has 0 bridgehead atoms. The Balaban J connectivity index is 1.69. The molecular weight excluding hydrogens is 428 g/mol. The van der Waals surface area contributed by atoms with E-state index in [2.05, 4.69) is 16.7 Å². The quantitative estimate of drug-likeness (QED) is 0.445. The normalized spacial score (nSPS) is 17.3. The number of benzene rings is 1. The first kappa shape index (κ1) is 22.0. The standard InChI is InChI=1S/C23H23N4O6/c1-5-10-26-22(28)15-8-6-7-9-16(15)27(23(26)29)13-19-24-21(25-33-19)14-11-17(30-2)20(32-4)18(12-14)31-3/h5-9,11-12,15H,1,10,13H2,2-4H3/q+1. The molecule has 2 aliphatic rings. The van der Waals surface area contributed by atoms with Crippen LogP contribution in [-0.4, -0.2) is 65.1 Å². The van der Waals surface area contributed by atoms with Gasteiger partial charge in [-0.3, -0.25) is 0 Å². The van der Waals surface area contributed by atoms with Crippen LogP contribution in [0.2, 0.25) is 0 Å². The summed E-state index contributed by atoms with van der Waals surface area (Å²) in [5.41, 5.74) is 1.14. The predicted octanol–water partition coefficient (Wildman–Crippen LogP) is 2.61. The number of rotatable bonds is 8. The number of carbonyl (C=O) groups is 2. The maximum atomic E-state index is 13.1. The number of amides is 3. The van der Waals surface area contributed by atoms with Crippen LogP contribution in [0.3, 0.4) is 0 Å². The number of imide groups is 1. The van der Waals surface area contributed by atoms with Gasteiger partial charge in [-0.05, 0) is 18.2 Å². The van der Waals surface area contributed by atoms with Crippen LogP contribution in [0.5, 0.6) is 17.2 Å². The number of allylic oxidation sites excluding steroid dienone is 3. The van der Waals surface area contributed by atoms with Gasteiger partial charge in [0.1, 0.15) is 18.2 Å². The summed E-state index contributed by atoms with van der Waals surface area (Å²) >= 11 is 0. The number of carbonyl (C=O) groups excluding carboxylic acids is 2. The molecule has 0 N–H and O–H groups in total. The van der Waals surface area contributed by atoms with Gasteiger partial charge in [0, 0.05) is 5.56 Å². The molecule has 0 fully saturated rings. The summed E-state index contributed by atoms with van der Waals surface area (Å²) in [5, 5.41) is 4.04. The monoisotopic (exact) mass is 451 g/mol. The van der Waals surface area contributed by atoms with Crippen LogP contribution in [-0.2, 0) is 11.3 Å². The summed E-state index contributed by atoms with van der Waals surface area (Å²) in [6.07, 6.45) is 8.56. The van der Waals surface area contributed by atoms with E-state index in [1.54, 1.807) is 36.4 Å². The second kappa shape index (κ2) is 9.11. The first-order valence-corrected chi connectivity index (χ1v) is 10.1. The van der Waals surface area contributed by atoms with E-state index in [1.165, 1.54) is 32.0 Å². The average Bonchev–Trinajstić information content (AvgIpc) is 3.32. The Morgan fingerprint density at radius 2 is 1.88 bits per heavy atom. The zero-order valence-corrected chi connectivity index (χ0v) is 18.5. The second-order valence-corrected chi connectivity index (χ2v) is 7.18.